The average molecular weight is 1500 g/mol. The average Bonchev–Trinajstić information content (AvgIpc) is 0.790. The van der Waals surface area contributed by atoms with Crippen molar-refractivity contribution in [3.63, 3.8) is 0 Å². The summed E-state index contributed by atoms with van der Waals surface area (Å²) in [6.45, 7) is 2.75. The maximum atomic E-state index is 13.4. The van der Waals surface area contributed by atoms with Gasteiger partial charge >= 0.3 is 0 Å². The highest BCUT2D eigenvalue weighted by Crippen LogP contribution is 2.31. The van der Waals surface area contributed by atoms with Crippen LogP contribution >= 0.6 is 0 Å². The maximum absolute atomic E-state index is 13.4. The Kier molecular flexibility index (Phi) is 70.5. The molecular formula is C92H169NO13. The van der Waals surface area contributed by atoms with E-state index in [0.717, 1.165) is 70.6 Å². The molecule has 0 aromatic heterocycles. The van der Waals surface area contributed by atoms with Crippen LogP contribution in [0.1, 0.15) is 412 Å². The lowest BCUT2D eigenvalue weighted by Gasteiger charge is -2.46. The molecule has 2 fully saturated rings. The van der Waals surface area contributed by atoms with Crippen LogP contribution in [-0.2, 0) is 23.7 Å². The Morgan fingerprint density at radius 1 is 0.349 bits per heavy atom. The van der Waals surface area contributed by atoms with Gasteiger partial charge in [-0.2, -0.15) is 0 Å². The van der Waals surface area contributed by atoms with Crippen LogP contribution in [0.25, 0.3) is 0 Å². The van der Waals surface area contributed by atoms with Crippen LogP contribution in [0.15, 0.2) is 72.9 Å². The van der Waals surface area contributed by atoms with Gasteiger partial charge in [0.25, 0.3) is 0 Å². The third-order valence-corrected chi connectivity index (χ3v) is 21.9. The predicted molar refractivity (Wildman–Crippen MR) is 443 cm³/mol. The Hall–Kier alpha value is -2.57. The number of carbonyl (C=O) groups excluding carboxylic acids is 1. The highest BCUT2D eigenvalue weighted by atomic mass is 16.7. The fraction of sp³-hybridized carbons (Fsp3) is 0.859. The highest BCUT2D eigenvalue weighted by molar-refractivity contribution is 5.76. The van der Waals surface area contributed by atoms with Gasteiger partial charge in [0.1, 0.15) is 48.8 Å². The minimum atomic E-state index is -1.79. The zero-order chi connectivity index (χ0) is 76.5. The molecule has 2 aliphatic heterocycles. The number of carbonyl (C=O) groups is 1. The second kappa shape index (κ2) is 75.1. The second-order valence-corrected chi connectivity index (χ2v) is 31.7. The van der Waals surface area contributed by atoms with Crippen molar-refractivity contribution in [2.75, 3.05) is 19.8 Å². The molecule has 0 aromatic rings. The van der Waals surface area contributed by atoms with Gasteiger partial charge in [-0.25, -0.2) is 0 Å². The molecule has 0 spiro atoms. The molecule has 14 nitrogen and oxygen atoms in total. The van der Waals surface area contributed by atoms with Crippen molar-refractivity contribution < 1.29 is 64.6 Å². The first-order valence-corrected chi connectivity index (χ1v) is 45.2. The molecule has 1 amide bonds. The highest BCUT2D eigenvalue weighted by Gasteiger charge is 2.51. The van der Waals surface area contributed by atoms with E-state index in [2.05, 4.69) is 79.9 Å². The van der Waals surface area contributed by atoms with E-state index in [4.69, 9.17) is 18.9 Å². The van der Waals surface area contributed by atoms with Crippen molar-refractivity contribution in [3.05, 3.63) is 72.9 Å². The quantitative estimate of drug-likeness (QED) is 0.0204. The number of aliphatic hydroxyl groups excluding tert-OH is 8. The number of hydrogen-bond donors (Lipinski definition) is 9. The van der Waals surface area contributed by atoms with Crippen LogP contribution in [0.2, 0.25) is 0 Å². The van der Waals surface area contributed by atoms with Crippen molar-refractivity contribution in [1.29, 1.82) is 0 Å². The van der Waals surface area contributed by atoms with Gasteiger partial charge in [-0.05, 0) is 64.2 Å². The zero-order valence-electron chi connectivity index (χ0n) is 68.4. The summed E-state index contributed by atoms with van der Waals surface area (Å²) in [5.41, 5.74) is 0. The largest absolute Gasteiger partial charge is 0.394 e. The van der Waals surface area contributed by atoms with E-state index >= 15 is 0 Å². The number of amides is 1. The van der Waals surface area contributed by atoms with Crippen LogP contribution in [0.3, 0.4) is 0 Å². The fourth-order valence-electron chi connectivity index (χ4n) is 14.9. The third-order valence-electron chi connectivity index (χ3n) is 21.9. The summed E-state index contributed by atoms with van der Waals surface area (Å²) >= 11 is 0. The van der Waals surface area contributed by atoms with Crippen molar-refractivity contribution in [2.45, 2.75) is 485 Å². The van der Waals surface area contributed by atoms with Crippen molar-refractivity contribution >= 4 is 5.91 Å². The van der Waals surface area contributed by atoms with E-state index in [1.165, 1.54) is 315 Å². The van der Waals surface area contributed by atoms with E-state index in [9.17, 15) is 45.6 Å². The summed E-state index contributed by atoms with van der Waals surface area (Å²) < 4.78 is 23.0. The molecule has 0 saturated carbocycles. The number of unbranched alkanes of at least 4 members (excludes halogenated alkanes) is 54. The molecular weight excluding hydrogens is 1330 g/mol. The molecule has 12 unspecified atom stereocenters. The summed E-state index contributed by atoms with van der Waals surface area (Å²) in [6.07, 6.45) is 88.8. The number of ether oxygens (including phenoxy) is 4. The number of allylic oxidation sites excluding steroid dienone is 11. The second-order valence-electron chi connectivity index (χ2n) is 31.7. The minimum Gasteiger partial charge on any atom is -0.394 e. The molecule has 14 heteroatoms. The molecule has 0 radical (unpaired) electrons. The Balaban J connectivity index is 1.55. The van der Waals surface area contributed by atoms with Gasteiger partial charge in [-0.3, -0.25) is 4.79 Å². The lowest BCUT2D eigenvalue weighted by atomic mass is 9.97. The normalized spacial score (nSPS) is 21.6. The van der Waals surface area contributed by atoms with E-state index in [1.54, 1.807) is 6.08 Å². The van der Waals surface area contributed by atoms with Crippen LogP contribution in [0.5, 0.6) is 0 Å². The predicted octanol–water partition coefficient (Wildman–Crippen LogP) is 22.0. The Morgan fingerprint density at radius 2 is 0.651 bits per heavy atom. The summed E-state index contributed by atoms with van der Waals surface area (Å²) in [6, 6.07) is -0.917. The molecule has 106 heavy (non-hydrogen) atoms. The van der Waals surface area contributed by atoms with E-state index in [1.807, 2.05) is 6.08 Å². The van der Waals surface area contributed by atoms with E-state index in [-0.39, 0.29) is 18.9 Å². The van der Waals surface area contributed by atoms with Crippen LogP contribution in [0.4, 0.5) is 0 Å². The van der Waals surface area contributed by atoms with Crippen molar-refractivity contribution in [1.82, 2.24) is 5.32 Å². The molecule has 2 aliphatic rings. The van der Waals surface area contributed by atoms with Gasteiger partial charge in [0, 0.05) is 6.42 Å². The first kappa shape index (κ1) is 99.5. The first-order valence-electron chi connectivity index (χ1n) is 45.2. The van der Waals surface area contributed by atoms with E-state index in [0.29, 0.717) is 6.42 Å². The lowest BCUT2D eigenvalue weighted by molar-refractivity contribution is -0.359. The molecule has 9 N–H and O–H groups in total. The summed E-state index contributed by atoms with van der Waals surface area (Å²) in [5.74, 6) is -0.231. The number of nitrogens with one attached hydrogen (secondary N) is 1. The molecule has 2 rings (SSSR count). The SMILES string of the molecule is CC/C=C\C/C=C\C/C=C\C/C=C\C/C=C\CCCCCCCCCCCCCCCCCCCCCCCCCCCC(=O)NC(COC1OC(CO)C(OC2OC(CO)C(O)C(O)C2O)C(O)C1O)C(O)/C=C/CCCCCCCCCCCCCCCCCCCCCCCCCCCCCCC. The number of rotatable bonds is 77. The molecule has 620 valence electrons. The fourth-order valence-corrected chi connectivity index (χ4v) is 14.9. The van der Waals surface area contributed by atoms with Gasteiger partial charge < -0.3 is 65.1 Å². The van der Waals surface area contributed by atoms with Crippen LogP contribution < -0.4 is 5.32 Å². The molecule has 0 bridgehead atoms. The topological polar surface area (TPSA) is 228 Å². The Bertz CT molecular complexity index is 2060. The van der Waals surface area contributed by atoms with Gasteiger partial charge in [0.15, 0.2) is 12.6 Å². The molecule has 2 heterocycles. The van der Waals surface area contributed by atoms with Gasteiger partial charge in [-0.15, -0.1) is 0 Å². The van der Waals surface area contributed by atoms with Gasteiger partial charge in [0.2, 0.25) is 5.91 Å². The number of aliphatic hydroxyl groups is 8. The Morgan fingerprint density at radius 3 is 1.00 bits per heavy atom. The van der Waals surface area contributed by atoms with Crippen molar-refractivity contribution in [2.24, 2.45) is 0 Å². The van der Waals surface area contributed by atoms with Gasteiger partial charge in [0.05, 0.1) is 32.0 Å². The van der Waals surface area contributed by atoms with Crippen LogP contribution in [0, 0.1) is 0 Å². The molecule has 12 atom stereocenters. The standard InChI is InChI=1S/C92H169NO13/c1-3-5-7-9-11-13-15-17-19-21-23-25-27-29-31-33-35-36-37-38-39-40-41-42-43-44-46-48-50-52-54-56-58-60-62-64-66-68-70-72-74-76-84(97)93-80(79-103-91-89(102)87(100)90(83(78-95)105-91)106-92-88(101)86(99)85(98)82(77-94)104-92)81(96)75-73-71-69-67-65-63-61-59-57-55-53-51-49-47-45-34-32-30-28-26-24-22-20-18-16-14-12-10-8-6-4-2/h5,7,11,13,17,19,23,25,29,31,73,75,80-83,85-92,94-96,98-102H,3-4,6,8-10,12,14-16,18,20-22,24,26-28,30,32-72,74,76-79H2,1-2H3,(H,93,97)/b7-5-,13-11-,19-17-,25-23-,31-29-,75-73+. The number of hydrogen-bond acceptors (Lipinski definition) is 13. The monoisotopic (exact) mass is 1500 g/mol. The maximum Gasteiger partial charge on any atom is 0.220 e. The smallest absolute Gasteiger partial charge is 0.220 e. The lowest BCUT2D eigenvalue weighted by Crippen LogP contribution is -2.65. The third kappa shape index (κ3) is 56.6. The van der Waals surface area contributed by atoms with Crippen LogP contribution in [-0.4, -0.2) is 140 Å². The minimum absolute atomic E-state index is 0.231. The molecule has 0 aromatic carbocycles. The first-order chi connectivity index (χ1) is 52.1. The van der Waals surface area contributed by atoms with Crippen molar-refractivity contribution in [3.8, 4) is 0 Å². The summed E-state index contributed by atoms with van der Waals surface area (Å²) in [4.78, 5) is 13.4. The summed E-state index contributed by atoms with van der Waals surface area (Å²) in [7, 11) is 0. The van der Waals surface area contributed by atoms with E-state index < -0.39 is 86.8 Å². The summed E-state index contributed by atoms with van der Waals surface area (Å²) in [5, 5.41) is 87.9. The molecule has 2 saturated heterocycles. The Labute approximate surface area is 650 Å². The van der Waals surface area contributed by atoms with Gasteiger partial charge in [-0.1, -0.05) is 414 Å². The molecule has 0 aliphatic carbocycles. The zero-order valence-corrected chi connectivity index (χ0v) is 68.4.